The van der Waals surface area contributed by atoms with E-state index in [-0.39, 0.29) is 11.8 Å². The lowest BCUT2D eigenvalue weighted by Gasteiger charge is -2.24. The molecule has 1 atom stereocenters. The van der Waals surface area contributed by atoms with Crippen LogP contribution < -0.4 is 10.2 Å². The summed E-state index contributed by atoms with van der Waals surface area (Å²) >= 11 is 0. The first-order chi connectivity index (χ1) is 10.6. The van der Waals surface area contributed by atoms with Gasteiger partial charge in [0.1, 0.15) is 0 Å². The lowest BCUT2D eigenvalue weighted by atomic mass is 10.1. The summed E-state index contributed by atoms with van der Waals surface area (Å²) in [5, 5.41) is 3.85. The number of nitrogens with one attached hydrogen (secondary N) is 1. The predicted octanol–water partition coefficient (Wildman–Crippen LogP) is 3.01. The van der Waals surface area contributed by atoms with Crippen LogP contribution in [0.25, 0.3) is 10.9 Å². The molecule has 0 aliphatic rings. The number of anilines is 1. The summed E-state index contributed by atoms with van der Waals surface area (Å²) in [4.78, 5) is 18.6. The number of benzene rings is 1. The fourth-order valence-corrected chi connectivity index (χ4v) is 2.75. The van der Waals surface area contributed by atoms with Crippen molar-refractivity contribution in [3.8, 4) is 0 Å². The van der Waals surface area contributed by atoms with Crippen LogP contribution in [0.4, 0.5) is 5.69 Å². The number of aryl methyl sites for hydroxylation is 1. The van der Waals surface area contributed by atoms with Crippen LogP contribution in [0.1, 0.15) is 26.0 Å². The Morgan fingerprint density at radius 1 is 1.36 bits per heavy atom. The smallest absolute Gasteiger partial charge is 0.224 e. The Labute approximate surface area is 132 Å². The minimum atomic E-state index is -0.0587. The average Bonchev–Trinajstić information content (AvgIpc) is 2.53. The fraction of sp³-hybridized carbons (Fsp3) is 0.444. The second-order valence-electron chi connectivity index (χ2n) is 5.80. The summed E-state index contributed by atoms with van der Waals surface area (Å²) in [6.07, 6.45) is 2.04. The third-order valence-electron chi connectivity index (χ3n) is 3.91. The third kappa shape index (κ3) is 3.56. The van der Waals surface area contributed by atoms with Gasteiger partial charge in [0.15, 0.2) is 0 Å². The Morgan fingerprint density at radius 2 is 2.09 bits per heavy atom. The minimum absolute atomic E-state index is 0.0587. The lowest BCUT2D eigenvalue weighted by Crippen LogP contribution is -2.34. The SMILES string of the molecule is CCCc1cc(N(C)CC(C)C(=O)NC)c2ccccc2n1. The lowest BCUT2D eigenvalue weighted by molar-refractivity contribution is -0.123. The van der Waals surface area contributed by atoms with E-state index in [2.05, 4.69) is 29.3 Å². The van der Waals surface area contributed by atoms with Crippen molar-refractivity contribution in [2.45, 2.75) is 26.7 Å². The van der Waals surface area contributed by atoms with Gasteiger partial charge in [-0.25, -0.2) is 0 Å². The van der Waals surface area contributed by atoms with Gasteiger partial charge in [0.2, 0.25) is 5.91 Å². The number of nitrogens with zero attached hydrogens (tertiary/aromatic N) is 2. The molecule has 4 heteroatoms. The van der Waals surface area contributed by atoms with Gasteiger partial charge in [0.25, 0.3) is 0 Å². The van der Waals surface area contributed by atoms with Gasteiger partial charge in [-0.05, 0) is 18.6 Å². The predicted molar refractivity (Wildman–Crippen MR) is 92.2 cm³/mol. The zero-order chi connectivity index (χ0) is 16.1. The highest BCUT2D eigenvalue weighted by atomic mass is 16.1. The molecule has 118 valence electrons. The van der Waals surface area contributed by atoms with Crippen molar-refractivity contribution in [1.29, 1.82) is 0 Å². The second kappa shape index (κ2) is 7.25. The molecular weight excluding hydrogens is 274 g/mol. The Morgan fingerprint density at radius 3 is 2.77 bits per heavy atom. The minimum Gasteiger partial charge on any atom is -0.373 e. The Bertz CT molecular complexity index is 654. The first-order valence-corrected chi connectivity index (χ1v) is 7.88. The van der Waals surface area contributed by atoms with Crippen LogP contribution in [-0.2, 0) is 11.2 Å². The quantitative estimate of drug-likeness (QED) is 0.892. The van der Waals surface area contributed by atoms with Crippen LogP contribution in [0.2, 0.25) is 0 Å². The van der Waals surface area contributed by atoms with Gasteiger partial charge < -0.3 is 10.2 Å². The van der Waals surface area contributed by atoms with Crippen molar-refractivity contribution in [2.24, 2.45) is 5.92 Å². The van der Waals surface area contributed by atoms with E-state index < -0.39 is 0 Å². The van der Waals surface area contributed by atoms with Crippen LogP contribution >= 0.6 is 0 Å². The molecule has 1 aromatic carbocycles. The maximum atomic E-state index is 11.8. The number of hydrogen-bond acceptors (Lipinski definition) is 3. The molecule has 1 N–H and O–H groups in total. The van der Waals surface area contributed by atoms with Crippen molar-refractivity contribution in [3.05, 3.63) is 36.0 Å². The Balaban J connectivity index is 2.37. The van der Waals surface area contributed by atoms with Crippen LogP contribution in [0.15, 0.2) is 30.3 Å². The van der Waals surface area contributed by atoms with Gasteiger partial charge in [0, 0.05) is 37.4 Å². The van der Waals surface area contributed by atoms with E-state index >= 15 is 0 Å². The first-order valence-electron chi connectivity index (χ1n) is 7.88. The summed E-state index contributed by atoms with van der Waals surface area (Å²) in [5.74, 6) is 0.00976. The molecule has 1 amide bonds. The summed E-state index contributed by atoms with van der Waals surface area (Å²) in [7, 11) is 3.72. The number of fused-ring (bicyclic) bond motifs is 1. The molecule has 0 saturated heterocycles. The Hall–Kier alpha value is -2.10. The standard InChI is InChI=1S/C18H25N3O/c1-5-8-14-11-17(15-9-6-7-10-16(15)20-14)21(4)12-13(2)18(22)19-3/h6-7,9-11,13H,5,8,12H2,1-4H3,(H,19,22). The molecule has 22 heavy (non-hydrogen) atoms. The zero-order valence-corrected chi connectivity index (χ0v) is 13.9. The maximum absolute atomic E-state index is 11.8. The van der Waals surface area contributed by atoms with Crippen LogP contribution in [-0.4, -0.2) is 31.5 Å². The number of amides is 1. The molecule has 2 rings (SSSR count). The van der Waals surface area contributed by atoms with Gasteiger partial charge in [0.05, 0.1) is 11.4 Å². The van der Waals surface area contributed by atoms with E-state index in [4.69, 9.17) is 4.98 Å². The topological polar surface area (TPSA) is 45.2 Å². The molecule has 0 aliphatic heterocycles. The van der Waals surface area contributed by atoms with Gasteiger partial charge >= 0.3 is 0 Å². The van der Waals surface area contributed by atoms with E-state index in [1.807, 2.05) is 32.2 Å². The highest BCUT2D eigenvalue weighted by Crippen LogP contribution is 2.27. The monoisotopic (exact) mass is 299 g/mol. The third-order valence-corrected chi connectivity index (χ3v) is 3.91. The maximum Gasteiger partial charge on any atom is 0.224 e. The van der Waals surface area contributed by atoms with E-state index in [1.165, 1.54) is 0 Å². The molecule has 4 nitrogen and oxygen atoms in total. The van der Waals surface area contributed by atoms with Gasteiger partial charge in [-0.2, -0.15) is 0 Å². The van der Waals surface area contributed by atoms with E-state index in [9.17, 15) is 4.79 Å². The molecule has 0 fully saturated rings. The molecule has 1 unspecified atom stereocenters. The molecule has 0 spiro atoms. The normalized spacial score (nSPS) is 12.2. The largest absolute Gasteiger partial charge is 0.373 e. The van der Waals surface area contributed by atoms with Gasteiger partial charge in [-0.1, -0.05) is 38.5 Å². The molecule has 0 bridgehead atoms. The first kappa shape index (κ1) is 16.3. The number of aromatic nitrogens is 1. The number of hydrogen-bond donors (Lipinski definition) is 1. The highest BCUT2D eigenvalue weighted by molar-refractivity contribution is 5.92. The van der Waals surface area contributed by atoms with Crippen LogP contribution in [0.3, 0.4) is 0 Å². The van der Waals surface area contributed by atoms with Crippen molar-refractivity contribution in [2.75, 3.05) is 25.5 Å². The number of carbonyl (C=O) groups excluding carboxylic acids is 1. The number of pyridine rings is 1. The van der Waals surface area contributed by atoms with Crippen molar-refractivity contribution in [1.82, 2.24) is 10.3 Å². The second-order valence-corrected chi connectivity index (χ2v) is 5.80. The van der Waals surface area contributed by atoms with Crippen molar-refractivity contribution in [3.63, 3.8) is 0 Å². The van der Waals surface area contributed by atoms with E-state index in [0.29, 0.717) is 6.54 Å². The number of carbonyl (C=O) groups is 1. The van der Waals surface area contributed by atoms with Crippen molar-refractivity contribution >= 4 is 22.5 Å². The summed E-state index contributed by atoms with van der Waals surface area (Å²) in [6, 6.07) is 10.3. The van der Waals surface area contributed by atoms with Crippen LogP contribution in [0, 0.1) is 5.92 Å². The zero-order valence-electron chi connectivity index (χ0n) is 13.9. The molecular formula is C18H25N3O. The molecule has 0 radical (unpaired) electrons. The summed E-state index contributed by atoms with van der Waals surface area (Å²) in [6.45, 7) is 4.79. The molecule has 1 aromatic heterocycles. The Kier molecular flexibility index (Phi) is 5.36. The molecule has 2 aromatic rings. The van der Waals surface area contributed by atoms with Crippen LogP contribution in [0.5, 0.6) is 0 Å². The van der Waals surface area contributed by atoms with Gasteiger partial charge in [-0.15, -0.1) is 0 Å². The summed E-state index contributed by atoms with van der Waals surface area (Å²) < 4.78 is 0. The van der Waals surface area contributed by atoms with Gasteiger partial charge in [-0.3, -0.25) is 9.78 Å². The molecule has 1 heterocycles. The number of para-hydroxylation sites is 1. The molecule has 0 aliphatic carbocycles. The average molecular weight is 299 g/mol. The van der Waals surface area contributed by atoms with E-state index in [1.54, 1.807) is 7.05 Å². The molecule has 0 saturated carbocycles. The van der Waals surface area contributed by atoms with E-state index in [0.717, 1.165) is 35.1 Å². The number of rotatable bonds is 6. The summed E-state index contributed by atoms with van der Waals surface area (Å²) in [5.41, 5.74) is 3.27. The fourth-order valence-electron chi connectivity index (χ4n) is 2.75. The highest BCUT2D eigenvalue weighted by Gasteiger charge is 2.16. The van der Waals surface area contributed by atoms with Crippen molar-refractivity contribution < 1.29 is 4.79 Å².